The summed E-state index contributed by atoms with van der Waals surface area (Å²) in [6, 6.07) is 12.0. The van der Waals surface area contributed by atoms with E-state index in [1.807, 2.05) is 12.1 Å². The van der Waals surface area contributed by atoms with Gasteiger partial charge in [-0.1, -0.05) is 23.7 Å². The van der Waals surface area contributed by atoms with Crippen LogP contribution in [0.2, 0.25) is 5.02 Å². The summed E-state index contributed by atoms with van der Waals surface area (Å²) in [5, 5.41) is 4.87. The number of rotatable bonds is 4. The fourth-order valence-corrected chi connectivity index (χ4v) is 3.10. The summed E-state index contributed by atoms with van der Waals surface area (Å²) in [5.41, 5.74) is 1.08. The minimum Gasteiger partial charge on any atom is -0.465 e. The number of carbonyl (C=O) groups is 2. The second-order valence-corrected chi connectivity index (χ2v) is 6.08. The van der Waals surface area contributed by atoms with Crippen molar-refractivity contribution in [2.45, 2.75) is 0 Å². The lowest BCUT2D eigenvalue weighted by molar-refractivity contribution is 0.0607. The molecular weight excluding hydrogens is 350 g/mol. The van der Waals surface area contributed by atoms with Gasteiger partial charge in [-0.15, -0.1) is 11.3 Å². The molecule has 3 aromatic rings. The summed E-state index contributed by atoms with van der Waals surface area (Å²) >= 11 is 7.31. The zero-order valence-corrected chi connectivity index (χ0v) is 14.1. The van der Waals surface area contributed by atoms with Crippen LogP contribution in [0, 0.1) is 0 Å². The fraction of sp³-hybridized carbons (Fsp3) is 0.0588. The number of nitrogens with one attached hydrogen (secondary N) is 1. The molecule has 0 aliphatic rings. The largest absolute Gasteiger partial charge is 0.465 e. The van der Waals surface area contributed by atoms with Crippen LogP contribution in [0.1, 0.15) is 20.2 Å². The van der Waals surface area contributed by atoms with Crippen molar-refractivity contribution in [1.82, 2.24) is 0 Å². The van der Waals surface area contributed by atoms with Crippen molar-refractivity contribution >= 4 is 40.5 Å². The first-order chi connectivity index (χ1) is 11.6. The third kappa shape index (κ3) is 3.20. The summed E-state index contributed by atoms with van der Waals surface area (Å²) in [6.45, 7) is 0. The number of benzene rings is 1. The smallest absolute Gasteiger partial charge is 0.350 e. The predicted molar refractivity (Wildman–Crippen MR) is 92.8 cm³/mol. The Balaban J connectivity index is 1.81. The van der Waals surface area contributed by atoms with Crippen molar-refractivity contribution in [3.05, 3.63) is 63.5 Å². The standard InChI is InChI=1S/C17H12ClNO4S/c1-22-17(21)15-12(8-9-24-15)19-16(20)14-7-6-13(23-14)10-4-2-3-5-11(10)18/h2-9H,1H3,(H,19,20). The highest BCUT2D eigenvalue weighted by Gasteiger charge is 2.19. The molecule has 7 heteroatoms. The molecule has 2 aromatic heterocycles. The lowest BCUT2D eigenvalue weighted by Crippen LogP contribution is -2.13. The number of hydrogen-bond acceptors (Lipinski definition) is 5. The van der Waals surface area contributed by atoms with Gasteiger partial charge < -0.3 is 14.5 Å². The summed E-state index contributed by atoms with van der Waals surface area (Å²) in [7, 11) is 1.29. The molecule has 24 heavy (non-hydrogen) atoms. The van der Waals surface area contributed by atoms with Crippen molar-refractivity contribution in [2.75, 3.05) is 12.4 Å². The molecule has 0 bridgehead atoms. The van der Waals surface area contributed by atoms with Crippen molar-refractivity contribution < 1.29 is 18.7 Å². The maximum Gasteiger partial charge on any atom is 0.350 e. The number of anilines is 1. The lowest BCUT2D eigenvalue weighted by Gasteiger charge is -2.04. The molecule has 5 nitrogen and oxygen atoms in total. The molecule has 0 atom stereocenters. The van der Waals surface area contributed by atoms with Crippen LogP contribution in [-0.4, -0.2) is 19.0 Å². The van der Waals surface area contributed by atoms with Crippen LogP contribution in [0.5, 0.6) is 0 Å². The highest BCUT2D eigenvalue weighted by molar-refractivity contribution is 7.12. The van der Waals surface area contributed by atoms with Crippen molar-refractivity contribution in [2.24, 2.45) is 0 Å². The number of thiophene rings is 1. The maximum atomic E-state index is 12.3. The van der Waals surface area contributed by atoms with Crippen LogP contribution in [0.25, 0.3) is 11.3 Å². The lowest BCUT2D eigenvalue weighted by atomic mass is 10.2. The van der Waals surface area contributed by atoms with Gasteiger partial charge >= 0.3 is 5.97 Å². The Morgan fingerprint density at radius 2 is 1.96 bits per heavy atom. The number of furan rings is 1. The van der Waals surface area contributed by atoms with E-state index in [0.29, 0.717) is 26.9 Å². The van der Waals surface area contributed by atoms with Gasteiger partial charge in [-0.25, -0.2) is 4.79 Å². The van der Waals surface area contributed by atoms with Gasteiger partial charge in [0.05, 0.1) is 17.8 Å². The van der Waals surface area contributed by atoms with Crippen molar-refractivity contribution in [1.29, 1.82) is 0 Å². The highest BCUT2D eigenvalue weighted by Crippen LogP contribution is 2.30. The van der Waals surface area contributed by atoms with E-state index >= 15 is 0 Å². The van der Waals surface area contributed by atoms with Crippen LogP contribution >= 0.6 is 22.9 Å². The first kappa shape index (κ1) is 16.3. The Bertz CT molecular complexity index is 899. The van der Waals surface area contributed by atoms with E-state index in [0.717, 1.165) is 0 Å². The molecule has 0 unspecified atom stereocenters. The van der Waals surface area contributed by atoms with Crippen LogP contribution < -0.4 is 5.32 Å². The molecule has 2 heterocycles. The Morgan fingerprint density at radius 3 is 2.71 bits per heavy atom. The molecule has 1 aromatic carbocycles. The first-order valence-corrected chi connectivity index (χ1v) is 8.18. The number of methoxy groups -OCH3 is 1. The molecule has 3 rings (SSSR count). The normalized spacial score (nSPS) is 10.4. The molecule has 0 aliphatic heterocycles. The molecule has 1 N–H and O–H groups in total. The van der Waals surface area contributed by atoms with Gasteiger partial charge in [0.25, 0.3) is 5.91 Å². The molecule has 0 saturated carbocycles. The summed E-state index contributed by atoms with van der Waals surface area (Å²) in [5.74, 6) is -0.357. The maximum absolute atomic E-state index is 12.3. The SMILES string of the molecule is COC(=O)c1sccc1NC(=O)c1ccc(-c2ccccc2Cl)o1. The van der Waals surface area contributed by atoms with Gasteiger partial charge in [-0.3, -0.25) is 4.79 Å². The van der Waals surface area contributed by atoms with Gasteiger partial charge in [-0.2, -0.15) is 0 Å². The van der Waals surface area contributed by atoms with Crippen molar-refractivity contribution in [3.63, 3.8) is 0 Å². The second kappa shape index (κ2) is 6.90. The van der Waals surface area contributed by atoms with Gasteiger partial charge in [0, 0.05) is 5.56 Å². The average molecular weight is 362 g/mol. The highest BCUT2D eigenvalue weighted by atomic mass is 35.5. The molecule has 0 saturated heterocycles. The summed E-state index contributed by atoms with van der Waals surface area (Å²) in [6.07, 6.45) is 0. The summed E-state index contributed by atoms with van der Waals surface area (Å²) < 4.78 is 10.3. The number of amides is 1. The van der Waals surface area contributed by atoms with Gasteiger partial charge in [0.1, 0.15) is 10.6 Å². The second-order valence-electron chi connectivity index (χ2n) is 4.75. The zero-order valence-electron chi connectivity index (χ0n) is 12.5. The Kier molecular flexibility index (Phi) is 4.69. The van der Waals surface area contributed by atoms with Gasteiger partial charge in [-0.05, 0) is 35.7 Å². The predicted octanol–water partition coefficient (Wildman–Crippen LogP) is 4.70. The average Bonchev–Trinajstić information content (AvgIpc) is 3.24. The molecule has 0 radical (unpaired) electrons. The zero-order chi connectivity index (χ0) is 17.1. The number of carbonyl (C=O) groups excluding carboxylic acids is 2. The van der Waals surface area contributed by atoms with Crippen LogP contribution in [0.15, 0.2) is 52.3 Å². The Labute approximate surface area is 146 Å². The minimum absolute atomic E-state index is 0.118. The molecule has 0 spiro atoms. The van der Waals surface area contributed by atoms with E-state index in [9.17, 15) is 9.59 Å². The topological polar surface area (TPSA) is 68.5 Å². The number of esters is 1. The van der Waals surface area contributed by atoms with E-state index in [1.54, 1.807) is 35.7 Å². The van der Waals surface area contributed by atoms with Gasteiger partial charge in [0.2, 0.25) is 0 Å². The number of hydrogen-bond donors (Lipinski definition) is 1. The van der Waals surface area contributed by atoms with Crippen LogP contribution in [0.4, 0.5) is 5.69 Å². The molecule has 122 valence electrons. The van der Waals surface area contributed by atoms with Crippen molar-refractivity contribution in [3.8, 4) is 11.3 Å². The van der Waals surface area contributed by atoms with E-state index in [-0.39, 0.29) is 5.76 Å². The Hall–Kier alpha value is -2.57. The molecule has 1 amide bonds. The first-order valence-electron chi connectivity index (χ1n) is 6.92. The Morgan fingerprint density at radius 1 is 1.17 bits per heavy atom. The van der Waals surface area contributed by atoms with Gasteiger partial charge in [0.15, 0.2) is 5.76 Å². The monoisotopic (exact) mass is 361 g/mol. The molecule has 0 fully saturated rings. The number of halogens is 1. The fourth-order valence-electron chi connectivity index (χ4n) is 2.11. The third-order valence-electron chi connectivity index (χ3n) is 3.25. The van der Waals surface area contributed by atoms with Crippen LogP contribution in [0.3, 0.4) is 0 Å². The molecular formula is C17H12ClNO4S. The van der Waals surface area contributed by atoms with E-state index in [4.69, 9.17) is 16.0 Å². The van der Waals surface area contributed by atoms with E-state index in [1.165, 1.54) is 18.4 Å². The van der Waals surface area contributed by atoms with E-state index in [2.05, 4.69) is 10.1 Å². The van der Waals surface area contributed by atoms with E-state index < -0.39 is 11.9 Å². The summed E-state index contributed by atoms with van der Waals surface area (Å²) in [4.78, 5) is 24.3. The quantitative estimate of drug-likeness (QED) is 0.684. The third-order valence-corrected chi connectivity index (χ3v) is 4.48. The van der Waals surface area contributed by atoms with Crippen LogP contribution in [-0.2, 0) is 4.74 Å². The molecule has 0 aliphatic carbocycles. The minimum atomic E-state index is -0.503. The number of ether oxygens (including phenoxy) is 1.